The van der Waals surface area contributed by atoms with Gasteiger partial charge in [-0.1, -0.05) is 5.16 Å². The van der Waals surface area contributed by atoms with Gasteiger partial charge in [0.1, 0.15) is 19.4 Å². The first-order valence-corrected chi connectivity index (χ1v) is 8.74. The summed E-state index contributed by atoms with van der Waals surface area (Å²) < 4.78 is 42.0. The molecule has 2 rings (SSSR count). The molecular formula is C16H25F3N6O2. The van der Waals surface area contributed by atoms with Gasteiger partial charge in [-0.2, -0.15) is 13.2 Å². The summed E-state index contributed by atoms with van der Waals surface area (Å²) in [7, 11) is 1.13. The highest BCUT2D eigenvalue weighted by Gasteiger charge is 2.31. The van der Waals surface area contributed by atoms with Crippen LogP contribution in [0.25, 0.3) is 0 Å². The molecule has 8 nitrogen and oxygen atoms in total. The number of amides is 1. The molecule has 0 spiro atoms. The molecule has 1 aromatic heterocycles. The van der Waals surface area contributed by atoms with Crippen molar-refractivity contribution in [1.82, 2.24) is 25.2 Å². The Morgan fingerprint density at radius 2 is 2.07 bits per heavy atom. The van der Waals surface area contributed by atoms with Gasteiger partial charge in [-0.15, -0.1) is 0 Å². The van der Waals surface area contributed by atoms with Gasteiger partial charge in [-0.3, -0.25) is 9.69 Å². The van der Waals surface area contributed by atoms with E-state index in [0.29, 0.717) is 37.0 Å². The lowest BCUT2D eigenvalue weighted by Crippen LogP contribution is -2.52. The van der Waals surface area contributed by atoms with E-state index in [2.05, 4.69) is 20.4 Å². The van der Waals surface area contributed by atoms with Crippen molar-refractivity contribution >= 4 is 11.9 Å². The first-order valence-electron chi connectivity index (χ1n) is 8.74. The maximum absolute atomic E-state index is 12.4. The maximum Gasteiger partial charge on any atom is 0.406 e. The average Bonchev–Trinajstić information content (AvgIpc) is 3.10. The summed E-state index contributed by atoms with van der Waals surface area (Å²) in [5.41, 5.74) is 0.863. The van der Waals surface area contributed by atoms with Crippen LogP contribution in [-0.2, 0) is 11.3 Å². The Bertz CT molecular complexity index is 612. The second-order valence-corrected chi connectivity index (χ2v) is 6.29. The topological polar surface area (TPSA) is 77.2 Å². The first kappa shape index (κ1) is 21.0. The van der Waals surface area contributed by atoms with E-state index < -0.39 is 18.6 Å². The van der Waals surface area contributed by atoms with E-state index in [9.17, 15) is 18.0 Å². The average molecular weight is 390 g/mol. The number of aromatic nitrogens is 1. The van der Waals surface area contributed by atoms with Gasteiger partial charge < -0.3 is 19.6 Å². The van der Waals surface area contributed by atoms with E-state index >= 15 is 0 Å². The van der Waals surface area contributed by atoms with Gasteiger partial charge in [0.05, 0.1) is 5.69 Å². The fourth-order valence-electron chi connectivity index (χ4n) is 2.71. The van der Waals surface area contributed by atoms with Gasteiger partial charge >= 0.3 is 6.18 Å². The Hall–Kier alpha value is -2.30. The number of carbonyl (C=O) groups is 1. The molecule has 0 saturated carbocycles. The number of alkyl halides is 3. The van der Waals surface area contributed by atoms with Gasteiger partial charge in [0.15, 0.2) is 5.96 Å². The number of nitrogens with zero attached hydrogens (tertiary/aromatic N) is 5. The molecule has 27 heavy (non-hydrogen) atoms. The van der Waals surface area contributed by atoms with Gasteiger partial charge in [0.25, 0.3) is 0 Å². The van der Waals surface area contributed by atoms with Crippen LogP contribution in [0.5, 0.6) is 0 Å². The van der Waals surface area contributed by atoms with Crippen molar-refractivity contribution in [1.29, 1.82) is 0 Å². The zero-order valence-electron chi connectivity index (χ0n) is 15.5. The number of halogens is 3. The molecule has 1 N–H and O–H groups in total. The normalized spacial score (nSPS) is 16.5. The molecule has 0 unspecified atom stereocenters. The molecule has 1 saturated heterocycles. The van der Waals surface area contributed by atoms with Crippen LogP contribution in [0.4, 0.5) is 13.2 Å². The molecule has 0 aromatic carbocycles. The molecule has 152 valence electrons. The summed E-state index contributed by atoms with van der Waals surface area (Å²) >= 11 is 0. The monoisotopic (exact) mass is 390 g/mol. The zero-order chi connectivity index (χ0) is 19.9. The summed E-state index contributed by atoms with van der Waals surface area (Å²) in [5, 5.41) is 6.99. The van der Waals surface area contributed by atoms with Crippen molar-refractivity contribution in [2.45, 2.75) is 19.6 Å². The van der Waals surface area contributed by atoms with Crippen molar-refractivity contribution in [2.75, 3.05) is 52.9 Å². The van der Waals surface area contributed by atoms with Crippen LogP contribution in [0.2, 0.25) is 0 Å². The summed E-state index contributed by atoms with van der Waals surface area (Å²) in [6.07, 6.45) is -2.88. The van der Waals surface area contributed by atoms with Crippen LogP contribution in [0, 0.1) is 0 Å². The molecule has 0 aliphatic carbocycles. The fourth-order valence-corrected chi connectivity index (χ4v) is 2.71. The van der Waals surface area contributed by atoms with Crippen LogP contribution in [0.15, 0.2) is 21.8 Å². The maximum atomic E-state index is 12.4. The number of likely N-dealkylation sites (N-methyl/N-ethyl adjacent to an activating group) is 1. The van der Waals surface area contributed by atoms with Crippen molar-refractivity contribution in [3.05, 3.63) is 18.0 Å². The summed E-state index contributed by atoms with van der Waals surface area (Å²) in [4.78, 5) is 21.0. The molecule has 1 aromatic rings. The van der Waals surface area contributed by atoms with Crippen LogP contribution in [-0.4, -0.2) is 90.8 Å². The quantitative estimate of drug-likeness (QED) is 0.571. The van der Waals surface area contributed by atoms with Gasteiger partial charge in [0, 0.05) is 52.4 Å². The summed E-state index contributed by atoms with van der Waals surface area (Å²) in [6.45, 7) is 4.52. The highest BCUT2D eigenvalue weighted by atomic mass is 19.4. The molecule has 11 heteroatoms. The predicted molar refractivity (Wildman–Crippen MR) is 93.0 cm³/mol. The smallest absolute Gasteiger partial charge is 0.364 e. The number of hydrogen-bond acceptors (Lipinski definition) is 5. The van der Waals surface area contributed by atoms with E-state index in [-0.39, 0.29) is 6.54 Å². The fraction of sp³-hybridized carbons (Fsp3) is 0.688. The van der Waals surface area contributed by atoms with E-state index in [0.717, 1.165) is 25.8 Å². The van der Waals surface area contributed by atoms with Gasteiger partial charge in [-0.05, 0) is 6.92 Å². The van der Waals surface area contributed by atoms with Gasteiger partial charge in [-0.25, -0.2) is 4.99 Å². The molecule has 0 radical (unpaired) electrons. The Labute approximate surface area is 156 Å². The summed E-state index contributed by atoms with van der Waals surface area (Å²) in [6, 6.07) is 1.82. The SMILES string of the molecule is CCNC(=NCC(=O)N(C)CC(F)(F)F)N1CCN(Cc2ccon2)CC1. The third-order valence-electron chi connectivity index (χ3n) is 4.09. The third kappa shape index (κ3) is 7.08. The van der Waals surface area contributed by atoms with Crippen molar-refractivity contribution in [2.24, 2.45) is 4.99 Å². The number of piperazine rings is 1. The van der Waals surface area contributed by atoms with E-state index in [1.54, 1.807) is 0 Å². The second kappa shape index (κ2) is 9.58. The molecule has 1 aliphatic rings. The van der Waals surface area contributed by atoms with Crippen molar-refractivity contribution < 1.29 is 22.5 Å². The largest absolute Gasteiger partial charge is 0.406 e. The zero-order valence-corrected chi connectivity index (χ0v) is 15.5. The Morgan fingerprint density at radius 1 is 1.37 bits per heavy atom. The lowest BCUT2D eigenvalue weighted by atomic mass is 10.3. The molecule has 0 atom stereocenters. The third-order valence-corrected chi connectivity index (χ3v) is 4.09. The lowest BCUT2D eigenvalue weighted by molar-refractivity contribution is -0.157. The van der Waals surface area contributed by atoms with Crippen molar-refractivity contribution in [3.63, 3.8) is 0 Å². The highest BCUT2D eigenvalue weighted by Crippen LogP contribution is 2.15. The van der Waals surface area contributed by atoms with E-state index in [1.807, 2.05) is 17.9 Å². The Morgan fingerprint density at radius 3 is 2.63 bits per heavy atom. The van der Waals surface area contributed by atoms with Crippen molar-refractivity contribution in [3.8, 4) is 0 Å². The highest BCUT2D eigenvalue weighted by molar-refractivity contribution is 5.85. The molecule has 1 aliphatic heterocycles. The lowest BCUT2D eigenvalue weighted by Gasteiger charge is -2.36. The number of guanidine groups is 1. The number of nitrogens with one attached hydrogen (secondary N) is 1. The molecule has 0 bridgehead atoms. The molecule has 1 amide bonds. The van der Waals surface area contributed by atoms with E-state index in [4.69, 9.17) is 4.52 Å². The number of rotatable bonds is 6. The minimum absolute atomic E-state index is 0.325. The van der Waals surface area contributed by atoms with Crippen LogP contribution >= 0.6 is 0 Å². The second-order valence-electron chi connectivity index (χ2n) is 6.29. The minimum Gasteiger partial charge on any atom is -0.364 e. The molecule has 2 heterocycles. The van der Waals surface area contributed by atoms with Crippen LogP contribution in [0.1, 0.15) is 12.6 Å². The van der Waals surface area contributed by atoms with Crippen LogP contribution < -0.4 is 5.32 Å². The van der Waals surface area contributed by atoms with E-state index in [1.165, 1.54) is 6.26 Å². The minimum atomic E-state index is -4.42. The Balaban J connectivity index is 1.87. The number of carbonyl (C=O) groups excluding carboxylic acids is 1. The number of aliphatic imine (C=N–C) groups is 1. The molecular weight excluding hydrogens is 365 g/mol. The first-order chi connectivity index (χ1) is 12.8. The van der Waals surface area contributed by atoms with Gasteiger partial charge in [0.2, 0.25) is 5.91 Å². The van der Waals surface area contributed by atoms with Crippen LogP contribution in [0.3, 0.4) is 0 Å². The standard InChI is InChI=1S/C16H25F3N6O2/c1-3-20-15(21-10-14(26)23(2)12-16(17,18)19)25-7-5-24(6-8-25)11-13-4-9-27-22-13/h4,9H,3,5-8,10-12H2,1-2H3,(H,20,21). The Kier molecular flexibility index (Phi) is 7.45. The molecule has 1 fully saturated rings. The summed E-state index contributed by atoms with van der Waals surface area (Å²) in [5.74, 6) is -0.139. The number of hydrogen-bond donors (Lipinski definition) is 1. The predicted octanol–water partition coefficient (Wildman–Crippen LogP) is 0.778.